The molecule has 22 heavy (non-hydrogen) atoms. The lowest BCUT2D eigenvalue weighted by Gasteiger charge is -2.41. The number of hydrogen-bond donors (Lipinski definition) is 1. The zero-order valence-electron chi connectivity index (χ0n) is 14.7. The molecule has 1 N–H and O–H groups in total. The maximum atomic E-state index is 12.6. The van der Waals surface area contributed by atoms with Crippen molar-refractivity contribution in [2.75, 3.05) is 13.1 Å². The van der Waals surface area contributed by atoms with Gasteiger partial charge in [0, 0.05) is 32.0 Å². The quantitative estimate of drug-likeness (QED) is 0.852. The number of nitrogens with one attached hydrogen (secondary N) is 1. The fourth-order valence-electron chi connectivity index (χ4n) is 4.10. The fourth-order valence-corrected chi connectivity index (χ4v) is 4.10. The summed E-state index contributed by atoms with van der Waals surface area (Å²) in [6, 6.07) is 0.326. The molecule has 2 fully saturated rings. The Morgan fingerprint density at radius 3 is 2.14 bits per heavy atom. The van der Waals surface area contributed by atoms with Crippen molar-refractivity contribution in [2.45, 2.75) is 72.3 Å². The highest BCUT2D eigenvalue weighted by atomic mass is 16.2. The first-order valence-electron chi connectivity index (χ1n) is 8.85. The van der Waals surface area contributed by atoms with Crippen LogP contribution in [0.3, 0.4) is 0 Å². The van der Waals surface area contributed by atoms with Crippen molar-refractivity contribution in [1.29, 1.82) is 0 Å². The van der Waals surface area contributed by atoms with Crippen LogP contribution in [0.5, 0.6) is 0 Å². The molecule has 1 saturated carbocycles. The van der Waals surface area contributed by atoms with Gasteiger partial charge in [0.25, 0.3) is 0 Å². The maximum absolute atomic E-state index is 12.6. The van der Waals surface area contributed by atoms with Gasteiger partial charge in [0.2, 0.25) is 11.8 Å². The topological polar surface area (TPSA) is 49.4 Å². The minimum absolute atomic E-state index is 0.0816. The standard InChI is InChI=1S/C18H32N2O2/c1-13(21)20-11-9-14(10-12-20)17(22)19-16-8-6-5-7-15(16)18(2,3)4/h14-16H,5-12H2,1-4H3,(H,19,22). The van der Waals surface area contributed by atoms with E-state index in [9.17, 15) is 9.59 Å². The molecule has 0 aromatic carbocycles. The number of amides is 2. The summed E-state index contributed by atoms with van der Waals surface area (Å²) in [5.41, 5.74) is 0.246. The smallest absolute Gasteiger partial charge is 0.223 e. The number of hydrogen-bond acceptors (Lipinski definition) is 2. The lowest BCUT2D eigenvalue weighted by atomic mass is 9.69. The largest absolute Gasteiger partial charge is 0.353 e. The van der Waals surface area contributed by atoms with E-state index in [1.807, 2.05) is 4.90 Å². The van der Waals surface area contributed by atoms with Gasteiger partial charge in [-0.25, -0.2) is 0 Å². The summed E-state index contributed by atoms with van der Waals surface area (Å²) < 4.78 is 0. The monoisotopic (exact) mass is 308 g/mol. The summed E-state index contributed by atoms with van der Waals surface area (Å²) in [5, 5.41) is 3.35. The average molecular weight is 308 g/mol. The van der Waals surface area contributed by atoms with E-state index >= 15 is 0 Å². The van der Waals surface area contributed by atoms with E-state index in [1.165, 1.54) is 19.3 Å². The highest BCUT2D eigenvalue weighted by Crippen LogP contribution is 2.38. The molecule has 126 valence electrons. The molecule has 0 spiro atoms. The molecule has 4 heteroatoms. The number of likely N-dealkylation sites (tertiary alicyclic amines) is 1. The van der Waals surface area contributed by atoms with Crippen LogP contribution in [0.25, 0.3) is 0 Å². The van der Waals surface area contributed by atoms with Gasteiger partial charge in [0.15, 0.2) is 0 Å². The van der Waals surface area contributed by atoms with Crippen molar-refractivity contribution in [3.8, 4) is 0 Å². The Morgan fingerprint density at radius 1 is 1.00 bits per heavy atom. The van der Waals surface area contributed by atoms with E-state index in [2.05, 4.69) is 26.1 Å². The van der Waals surface area contributed by atoms with E-state index in [-0.39, 0.29) is 23.1 Å². The summed E-state index contributed by atoms with van der Waals surface area (Å²) >= 11 is 0. The Labute approximate surface area is 135 Å². The van der Waals surface area contributed by atoms with Crippen LogP contribution < -0.4 is 5.32 Å². The molecule has 4 nitrogen and oxygen atoms in total. The van der Waals surface area contributed by atoms with E-state index < -0.39 is 0 Å². The fraction of sp³-hybridized carbons (Fsp3) is 0.889. The summed E-state index contributed by atoms with van der Waals surface area (Å²) in [5.74, 6) is 0.990. The highest BCUT2D eigenvalue weighted by Gasteiger charge is 2.36. The SMILES string of the molecule is CC(=O)N1CCC(C(=O)NC2CCCCC2C(C)(C)C)CC1. The number of nitrogens with zero attached hydrogens (tertiary/aromatic N) is 1. The van der Waals surface area contributed by atoms with E-state index in [4.69, 9.17) is 0 Å². The van der Waals surface area contributed by atoms with Crippen LogP contribution in [0.15, 0.2) is 0 Å². The summed E-state index contributed by atoms with van der Waals surface area (Å²) in [6.45, 7) is 9.91. The lowest BCUT2D eigenvalue weighted by Crippen LogP contribution is -2.50. The zero-order valence-corrected chi connectivity index (χ0v) is 14.7. The van der Waals surface area contributed by atoms with Gasteiger partial charge in [-0.3, -0.25) is 9.59 Å². The second-order valence-electron chi connectivity index (χ2n) is 8.15. The molecular formula is C18H32N2O2. The van der Waals surface area contributed by atoms with Gasteiger partial charge < -0.3 is 10.2 Å². The Bertz CT molecular complexity index is 406. The molecule has 1 saturated heterocycles. The first-order chi connectivity index (χ1) is 10.3. The molecule has 0 radical (unpaired) electrons. The molecule has 0 aromatic rings. The minimum Gasteiger partial charge on any atom is -0.353 e. The number of carbonyl (C=O) groups is 2. The van der Waals surface area contributed by atoms with Crippen LogP contribution in [0.4, 0.5) is 0 Å². The van der Waals surface area contributed by atoms with Crippen molar-refractivity contribution < 1.29 is 9.59 Å². The maximum Gasteiger partial charge on any atom is 0.223 e. The molecule has 2 amide bonds. The van der Waals surface area contributed by atoms with Gasteiger partial charge in [-0.15, -0.1) is 0 Å². The van der Waals surface area contributed by atoms with Crippen LogP contribution in [0.2, 0.25) is 0 Å². The van der Waals surface area contributed by atoms with Gasteiger partial charge in [-0.05, 0) is 37.0 Å². The second kappa shape index (κ2) is 7.01. The summed E-state index contributed by atoms with van der Waals surface area (Å²) in [4.78, 5) is 25.8. The van der Waals surface area contributed by atoms with Gasteiger partial charge >= 0.3 is 0 Å². The Balaban J connectivity index is 1.89. The molecule has 1 aliphatic heterocycles. The normalized spacial score (nSPS) is 27.5. The third kappa shape index (κ3) is 4.23. The zero-order chi connectivity index (χ0) is 16.3. The molecule has 2 aliphatic rings. The summed E-state index contributed by atoms with van der Waals surface area (Å²) in [7, 11) is 0. The highest BCUT2D eigenvalue weighted by molar-refractivity contribution is 5.80. The van der Waals surface area contributed by atoms with E-state index in [0.717, 1.165) is 32.4 Å². The van der Waals surface area contributed by atoms with Gasteiger partial charge in [-0.2, -0.15) is 0 Å². The number of rotatable bonds is 2. The average Bonchev–Trinajstić information content (AvgIpc) is 2.46. The van der Waals surface area contributed by atoms with E-state index in [1.54, 1.807) is 6.92 Å². The van der Waals surface area contributed by atoms with Crippen LogP contribution in [0, 0.1) is 17.3 Å². The van der Waals surface area contributed by atoms with Crippen LogP contribution in [-0.4, -0.2) is 35.8 Å². The van der Waals surface area contributed by atoms with Gasteiger partial charge in [0.05, 0.1) is 0 Å². The van der Waals surface area contributed by atoms with Crippen molar-refractivity contribution in [1.82, 2.24) is 10.2 Å². The van der Waals surface area contributed by atoms with Gasteiger partial charge in [-0.1, -0.05) is 33.6 Å². The van der Waals surface area contributed by atoms with Crippen molar-refractivity contribution in [3.05, 3.63) is 0 Å². The van der Waals surface area contributed by atoms with Gasteiger partial charge in [0.1, 0.15) is 0 Å². The molecule has 2 rings (SSSR count). The number of piperidine rings is 1. The first kappa shape index (κ1) is 17.3. The van der Waals surface area contributed by atoms with Crippen LogP contribution in [0.1, 0.15) is 66.2 Å². The molecule has 2 unspecified atom stereocenters. The lowest BCUT2D eigenvalue weighted by molar-refractivity contribution is -0.134. The third-order valence-corrected chi connectivity index (χ3v) is 5.52. The molecule has 2 atom stereocenters. The summed E-state index contributed by atoms with van der Waals surface area (Å²) in [6.07, 6.45) is 6.44. The predicted octanol–water partition coefficient (Wildman–Crippen LogP) is 2.97. The minimum atomic E-state index is 0.0816. The molecular weight excluding hydrogens is 276 g/mol. The predicted molar refractivity (Wildman–Crippen MR) is 88.3 cm³/mol. The molecule has 0 aromatic heterocycles. The number of carbonyl (C=O) groups excluding carboxylic acids is 2. The molecule has 1 aliphatic carbocycles. The van der Waals surface area contributed by atoms with Crippen molar-refractivity contribution in [2.24, 2.45) is 17.3 Å². The third-order valence-electron chi connectivity index (χ3n) is 5.52. The Morgan fingerprint density at radius 2 is 1.59 bits per heavy atom. The van der Waals surface area contributed by atoms with Crippen LogP contribution in [-0.2, 0) is 9.59 Å². The Kier molecular flexibility index (Phi) is 5.51. The van der Waals surface area contributed by atoms with Crippen molar-refractivity contribution >= 4 is 11.8 Å². The second-order valence-corrected chi connectivity index (χ2v) is 8.15. The first-order valence-corrected chi connectivity index (χ1v) is 8.85. The molecule has 0 bridgehead atoms. The molecule has 1 heterocycles. The van der Waals surface area contributed by atoms with E-state index in [0.29, 0.717) is 12.0 Å². The Hall–Kier alpha value is -1.06. The van der Waals surface area contributed by atoms with Crippen molar-refractivity contribution in [3.63, 3.8) is 0 Å². The van der Waals surface area contributed by atoms with Crippen LogP contribution >= 0.6 is 0 Å².